The minimum absolute atomic E-state index is 0.0272. The minimum atomic E-state index is -0.124. The molecule has 4 atom stereocenters. The average molecular weight is 264 g/mol. The van der Waals surface area contributed by atoms with Crippen LogP contribution in [0.2, 0.25) is 0 Å². The first-order valence-electron chi connectivity index (χ1n) is 6.97. The van der Waals surface area contributed by atoms with E-state index in [2.05, 4.69) is 12.0 Å². The maximum absolute atomic E-state index is 11.6. The molecule has 0 N–H and O–H groups in total. The van der Waals surface area contributed by atoms with Gasteiger partial charge in [-0.15, -0.1) is 0 Å². The summed E-state index contributed by atoms with van der Waals surface area (Å²) in [6, 6.07) is 2.00. The summed E-state index contributed by atoms with van der Waals surface area (Å²) in [6.45, 7) is 2.88. The Morgan fingerprint density at radius 3 is 3.05 bits per heavy atom. The Balaban J connectivity index is 1.70. The van der Waals surface area contributed by atoms with E-state index < -0.39 is 0 Å². The number of nitrogens with zero attached hydrogens (tertiary/aromatic N) is 2. The van der Waals surface area contributed by atoms with Crippen LogP contribution in [0, 0.1) is 11.8 Å². The molecule has 2 fully saturated rings. The average Bonchev–Trinajstić information content (AvgIpc) is 2.90. The Bertz CT molecular complexity index is 465. The second-order valence-corrected chi connectivity index (χ2v) is 5.48. The molecule has 5 heteroatoms. The van der Waals surface area contributed by atoms with Crippen LogP contribution in [-0.2, 0) is 14.3 Å². The minimum Gasteiger partial charge on any atom is -0.469 e. The maximum Gasteiger partial charge on any atom is 0.309 e. The quantitative estimate of drug-likeness (QED) is 0.785. The van der Waals surface area contributed by atoms with E-state index in [1.54, 1.807) is 0 Å². The summed E-state index contributed by atoms with van der Waals surface area (Å²) in [5.41, 5.74) is 0.983. The lowest BCUT2D eigenvalue weighted by Crippen LogP contribution is -2.18. The molecule has 0 aromatic carbocycles. The molecule has 0 bridgehead atoms. The third-order valence-corrected chi connectivity index (χ3v) is 4.27. The van der Waals surface area contributed by atoms with Crippen molar-refractivity contribution in [3.63, 3.8) is 0 Å². The molecule has 2 aliphatic rings. The molecule has 104 valence electrons. The van der Waals surface area contributed by atoms with Gasteiger partial charge in [-0.2, -0.15) is 5.10 Å². The highest BCUT2D eigenvalue weighted by atomic mass is 16.5. The molecule has 1 saturated heterocycles. The Labute approximate surface area is 112 Å². The van der Waals surface area contributed by atoms with Gasteiger partial charge in [-0.25, -0.2) is 4.68 Å². The van der Waals surface area contributed by atoms with Crippen molar-refractivity contribution in [3.8, 4) is 0 Å². The molecule has 4 unspecified atom stereocenters. The Kier molecular flexibility index (Phi) is 3.31. The number of carbonyl (C=O) groups excluding carboxylic acids is 1. The van der Waals surface area contributed by atoms with Gasteiger partial charge < -0.3 is 9.47 Å². The zero-order chi connectivity index (χ0) is 13.4. The number of hydrogen-bond donors (Lipinski definition) is 0. The predicted molar refractivity (Wildman–Crippen MR) is 68.5 cm³/mol. The molecule has 1 aliphatic heterocycles. The fourth-order valence-electron chi connectivity index (χ4n) is 3.04. The van der Waals surface area contributed by atoms with Gasteiger partial charge >= 0.3 is 5.97 Å². The Morgan fingerprint density at radius 1 is 1.53 bits per heavy atom. The molecule has 1 aliphatic carbocycles. The zero-order valence-electron chi connectivity index (χ0n) is 11.4. The molecular weight excluding hydrogens is 244 g/mol. The van der Waals surface area contributed by atoms with Crippen LogP contribution in [0.4, 0.5) is 0 Å². The van der Waals surface area contributed by atoms with Crippen molar-refractivity contribution >= 4 is 5.97 Å². The maximum atomic E-state index is 11.6. The molecule has 1 aromatic rings. The van der Waals surface area contributed by atoms with Gasteiger partial charge in [0.25, 0.3) is 0 Å². The predicted octanol–water partition coefficient (Wildman–Crippen LogP) is 2.10. The largest absolute Gasteiger partial charge is 0.469 e. The van der Waals surface area contributed by atoms with Crippen molar-refractivity contribution in [1.82, 2.24) is 9.78 Å². The second kappa shape index (κ2) is 4.96. The molecular formula is C14H20N2O3. The smallest absolute Gasteiger partial charge is 0.309 e. The third-order valence-electron chi connectivity index (χ3n) is 4.27. The van der Waals surface area contributed by atoms with E-state index >= 15 is 0 Å². The van der Waals surface area contributed by atoms with Crippen LogP contribution in [0.3, 0.4) is 0 Å². The van der Waals surface area contributed by atoms with Crippen LogP contribution in [0.15, 0.2) is 12.3 Å². The van der Waals surface area contributed by atoms with Gasteiger partial charge in [-0.05, 0) is 31.2 Å². The molecule has 0 radical (unpaired) electrons. The van der Waals surface area contributed by atoms with Gasteiger partial charge in [0.05, 0.1) is 18.7 Å². The first-order valence-corrected chi connectivity index (χ1v) is 6.97. The van der Waals surface area contributed by atoms with Crippen molar-refractivity contribution in [2.75, 3.05) is 13.7 Å². The molecule has 3 rings (SSSR count). The van der Waals surface area contributed by atoms with Gasteiger partial charge in [0.1, 0.15) is 6.23 Å². The SMILES string of the molecule is COC(=O)C1C(C)C1c1ccn(C2CCCCO2)n1. The summed E-state index contributed by atoms with van der Waals surface area (Å²) in [7, 11) is 1.44. The fourth-order valence-corrected chi connectivity index (χ4v) is 3.04. The summed E-state index contributed by atoms with van der Waals surface area (Å²) in [4.78, 5) is 11.6. The standard InChI is InChI=1S/C14H20N2O3/c1-9-12(13(9)14(17)18-2)10-6-7-16(15-10)11-5-3-4-8-19-11/h6-7,9,11-13H,3-5,8H2,1-2H3. The molecule has 0 amide bonds. The van der Waals surface area contributed by atoms with E-state index in [0.717, 1.165) is 25.1 Å². The van der Waals surface area contributed by atoms with Crippen LogP contribution in [-0.4, -0.2) is 29.5 Å². The highest BCUT2D eigenvalue weighted by Gasteiger charge is 2.54. The van der Waals surface area contributed by atoms with Crippen molar-refractivity contribution in [2.45, 2.75) is 38.3 Å². The summed E-state index contributed by atoms with van der Waals surface area (Å²) < 4.78 is 12.4. The number of rotatable bonds is 3. The lowest BCUT2D eigenvalue weighted by Gasteiger charge is -2.22. The normalized spacial score (nSPS) is 34.0. The lowest BCUT2D eigenvalue weighted by molar-refractivity contribution is -0.142. The highest BCUT2D eigenvalue weighted by molar-refractivity contribution is 5.77. The summed E-state index contributed by atoms with van der Waals surface area (Å²) in [6.07, 6.45) is 5.36. The van der Waals surface area contributed by atoms with Gasteiger partial charge in [0.2, 0.25) is 0 Å². The number of methoxy groups -OCH3 is 1. The summed E-state index contributed by atoms with van der Waals surface area (Å²) >= 11 is 0. The van der Waals surface area contributed by atoms with E-state index in [1.165, 1.54) is 13.5 Å². The highest BCUT2D eigenvalue weighted by Crippen LogP contribution is 2.53. The van der Waals surface area contributed by atoms with E-state index in [9.17, 15) is 4.79 Å². The fraction of sp³-hybridized carbons (Fsp3) is 0.714. The number of aromatic nitrogens is 2. The molecule has 0 spiro atoms. The van der Waals surface area contributed by atoms with Crippen LogP contribution in [0.1, 0.15) is 44.0 Å². The summed E-state index contributed by atoms with van der Waals surface area (Å²) in [5, 5.41) is 4.60. The topological polar surface area (TPSA) is 53.4 Å². The number of ether oxygens (including phenoxy) is 2. The first-order chi connectivity index (χ1) is 9.22. The lowest BCUT2D eigenvalue weighted by atomic mass is 10.2. The van der Waals surface area contributed by atoms with Crippen molar-refractivity contribution in [3.05, 3.63) is 18.0 Å². The Morgan fingerprint density at radius 2 is 2.37 bits per heavy atom. The number of carbonyl (C=O) groups is 1. The zero-order valence-corrected chi connectivity index (χ0v) is 11.4. The van der Waals surface area contributed by atoms with Gasteiger partial charge in [0, 0.05) is 18.7 Å². The molecule has 19 heavy (non-hydrogen) atoms. The van der Waals surface area contributed by atoms with E-state index in [4.69, 9.17) is 9.47 Å². The molecule has 2 heterocycles. The van der Waals surface area contributed by atoms with Crippen molar-refractivity contribution < 1.29 is 14.3 Å². The van der Waals surface area contributed by atoms with E-state index in [0.29, 0.717) is 5.92 Å². The van der Waals surface area contributed by atoms with E-state index in [1.807, 2.05) is 16.9 Å². The molecule has 1 aromatic heterocycles. The third kappa shape index (κ3) is 2.27. The van der Waals surface area contributed by atoms with Crippen LogP contribution in [0.25, 0.3) is 0 Å². The second-order valence-electron chi connectivity index (χ2n) is 5.48. The first kappa shape index (κ1) is 12.7. The number of esters is 1. The van der Waals surface area contributed by atoms with E-state index in [-0.39, 0.29) is 24.0 Å². The monoisotopic (exact) mass is 264 g/mol. The van der Waals surface area contributed by atoms with Gasteiger partial charge in [-0.3, -0.25) is 4.79 Å². The molecule has 5 nitrogen and oxygen atoms in total. The van der Waals surface area contributed by atoms with Crippen LogP contribution < -0.4 is 0 Å². The van der Waals surface area contributed by atoms with Crippen molar-refractivity contribution in [2.24, 2.45) is 11.8 Å². The Hall–Kier alpha value is -1.36. The van der Waals surface area contributed by atoms with Gasteiger partial charge in [-0.1, -0.05) is 6.92 Å². The van der Waals surface area contributed by atoms with Crippen molar-refractivity contribution in [1.29, 1.82) is 0 Å². The van der Waals surface area contributed by atoms with Crippen LogP contribution >= 0.6 is 0 Å². The van der Waals surface area contributed by atoms with Gasteiger partial charge in [0.15, 0.2) is 0 Å². The number of hydrogen-bond acceptors (Lipinski definition) is 4. The summed E-state index contributed by atoms with van der Waals surface area (Å²) in [5.74, 6) is 0.377. The molecule has 1 saturated carbocycles. The van der Waals surface area contributed by atoms with Crippen LogP contribution in [0.5, 0.6) is 0 Å².